The minimum absolute atomic E-state index is 0.0494. The molecule has 0 heterocycles. The number of hydrogen-bond acceptors (Lipinski definition) is 4. The molecule has 0 bridgehead atoms. The maximum Gasteiger partial charge on any atom is 0.341 e. The summed E-state index contributed by atoms with van der Waals surface area (Å²) in [5.74, 6) is -1.38. The number of rotatable bonds is 7. The van der Waals surface area contributed by atoms with Crippen LogP contribution in [0.3, 0.4) is 0 Å². The second kappa shape index (κ2) is 7.52. The van der Waals surface area contributed by atoms with Gasteiger partial charge in [-0.05, 0) is 32.4 Å². The summed E-state index contributed by atoms with van der Waals surface area (Å²) in [4.78, 5) is 23.2. The molecule has 0 aliphatic rings. The van der Waals surface area contributed by atoms with Crippen molar-refractivity contribution in [3.63, 3.8) is 0 Å². The molecule has 1 aromatic rings. The van der Waals surface area contributed by atoms with Gasteiger partial charge in [-0.25, -0.2) is 4.79 Å². The van der Waals surface area contributed by atoms with Gasteiger partial charge >= 0.3 is 5.97 Å². The van der Waals surface area contributed by atoms with E-state index in [1.165, 1.54) is 12.1 Å². The monoisotopic (exact) mass is 294 g/mol. The predicted octanol–water partition coefficient (Wildman–Crippen LogP) is 2.04. The van der Waals surface area contributed by atoms with Crippen LogP contribution in [0, 0.1) is 0 Å². The van der Waals surface area contributed by atoms with E-state index in [2.05, 4.69) is 5.32 Å². The molecule has 2 atom stereocenters. The van der Waals surface area contributed by atoms with Crippen molar-refractivity contribution >= 4 is 17.6 Å². The summed E-state index contributed by atoms with van der Waals surface area (Å²) in [6.07, 6.45) is 1.04. The summed E-state index contributed by atoms with van der Waals surface area (Å²) in [6, 6.07) is 4.60. The zero-order chi connectivity index (χ0) is 16.0. The molecule has 6 nitrogen and oxygen atoms in total. The van der Waals surface area contributed by atoms with Gasteiger partial charge in [0.15, 0.2) is 6.10 Å². The molecule has 116 valence electrons. The van der Waals surface area contributed by atoms with Crippen LogP contribution < -0.4 is 15.8 Å². The third-order valence-electron chi connectivity index (χ3n) is 3.06. The van der Waals surface area contributed by atoms with Gasteiger partial charge in [0.2, 0.25) is 0 Å². The first-order chi connectivity index (χ1) is 9.86. The number of aromatic carboxylic acids is 1. The number of anilines is 1. The van der Waals surface area contributed by atoms with Gasteiger partial charge in [-0.1, -0.05) is 19.4 Å². The highest BCUT2D eigenvalue weighted by Gasteiger charge is 2.21. The SMILES string of the molecule is CCCC(C)NC(=O)C(C)Oc1cccc(N)c1C(=O)O. The second-order valence-corrected chi connectivity index (χ2v) is 4.98. The van der Waals surface area contributed by atoms with Crippen molar-refractivity contribution in [2.75, 3.05) is 5.73 Å². The number of nitrogen functional groups attached to an aromatic ring is 1. The Morgan fingerprint density at radius 2 is 2.05 bits per heavy atom. The van der Waals surface area contributed by atoms with Crippen LogP contribution in [0.5, 0.6) is 5.75 Å². The lowest BCUT2D eigenvalue weighted by atomic mass is 10.1. The Morgan fingerprint density at radius 3 is 2.62 bits per heavy atom. The van der Waals surface area contributed by atoms with Gasteiger partial charge in [-0.15, -0.1) is 0 Å². The highest BCUT2D eigenvalue weighted by molar-refractivity contribution is 5.97. The Morgan fingerprint density at radius 1 is 1.38 bits per heavy atom. The maximum absolute atomic E-state index is 12.0. The third kappa shape index (κ3) is 4.66. The van der Waals surface area contributed by atoms with Crippen LogP contribution in [0.15, 0.2) is 18.2 Å². The highest BCUT2D eigenvalue weighted by Crippen LogP contribution is 2.25. The van der Waals surface area contributed by atoms with Gasteiger partial charge in [0.05, 0.1) is 0 Å². The largest absolute Gasteiger partial charge is 0.480 e. The standard InChI is InChI=1S/C15H22N2O4/c1-4-6-9(2)17-14(18)10(3)21-12-8-5-7-11(16)13(12)15(19)20/h5,7-10H,4,6,16H2,1-3H3,(H,17,18)(H,19,20). The Bertz CT molecular complexity index is 516. The van der Waals surface area contributed by atoms with E-state index >= 15 is 0 Å². The predicted molar refractivity (Wildman–Crippen MR) is 80.4 cm³/mol. The first-order valence-electron chi connectivity index (χ1n) is 6.95. The number of ether oxygens (including phenoxy) is 1. The zero-order valence-corrected chi connectivity index (χ0v) is 12.6. The Kier molecular flexibility index (Phi) is 6.02. The van der Waals surface area contributed by atoms with E-state index in [0.29, 0.717) is 0 Å². The molecular weight excluding hydrogens is 272 g/mol. The number of carbonyl (C=O) groups excluding carboxylic acids is 1. The molecule has 1 aromatic carbocycles. The molecule has 0 radical (unpaired) electrons. The normalized spacial score (nSPS) is 13.3. The summed E-state index contributed by atoms with van der Waals surface area (Å²) in [6.45, 7) is 5.52. The lowest BCUT2D eigenvalue weighted by molar-refractivity contribution is -0.127. The second-order valence-electron chi connectivity index (χ2n) is 4.98. The van der Waals surface area contributed by atoms with Gasteiger partial charge in [0.25, 0.3) is 5.91 Å². The van der Waals surface area contributed by atoms with Crippen molar-refractivity contribution in [2.24, 2.45) is 0 Å². The number of carboxylic acids is 1. The van der Waals surface area contributed by atoms with Crippen LogP contribution in [0.25, 0.3) is 0 Å². The minimum Gasteiger partial charge on any atom is -0.480 e. The van der Waals surface area contributed by atoms with E-state index < -0.39 is 12.1 Å². The fourth-order valence-corrected chi connectivity index (χ4v) is 1.98. The average Bonchev–Trinajstić information content (AvgIpc) is 2.38. The molecule has 0 fully saturated rings. The van der Waals surface area contributed by atoms with Crippen LogP contribution in [0.1, 0.15) is 44.0 Å². The molecule has 1 rings (SSSR count). The van der Waals surface area contributed by atoms with Crippen LogP contribution >= 0.6 is 0 Å². The highest BCUT2D eigenvalue weighted by atomic mass is 16.5. The van der Waals surface area contributed by atoms with E-state index in [1.54, 1.807) is 13.0 Å². The lowest BCUT2D eigenvalue weighted by Gasteiger charge is -2.19. The topological polar surface area (TPSA) is 102 Å². The molecule has 2 unspecified atom stereocenters. The number of hydrogen-bond donors (Lipinski definition) is 3. The Balaban J connectivity index is 2.79. The van der Waals surface area contributed by atoms with E-state index in [0.717, 1.165) is 12.8 Å². The molecule has 0 spiro atoms. The first kappa shape index (κ1) is 16.8. The summed E-state index contributed by atoms with van der Waals surface area (Å²) in [5.41, 5.74) is 5.61. The van der Waals surface area contributed by atoms with Crippen molar-refractivity contribution in [3.05, 3.63) is 23.8 Å². The summed E-state index contributed by atoms with van der Waals surface area (Å²) >= 11 is 0. The molecule has 1 amide bonds. The van der Waals surface area contributed by atoms with Crippen LogP contribution in [-0.4, -0.2) is 29.1 Å². The number of carbonyl (C=O) groups is 2. The fourth-order valence-electron chi connectivity index (χ4n) is 1.98. The van der Waals surface area contributed by atoms with Crippen LogP contribution in [-0.2, 0) is 4.79 Å². The van der Waals surface area contributed by atoms with Crippen LogP contribution in [0.4, 0.5) is 5.69 Å². The van der Waals surface area contributed by atoms with Crippen molar-refractivity contribution in [3.8, 4) is 5.75 Å². The number of carboxylic acid groups (broad SMARTS) is 1. The molecule has 21 heavy (non-hydrogen) atoms. The van der Waals surface area contributed by atoms with Crippen molar-refractivity contribution in [1.29, 1.82) is 0 Å². The van der Waals surface area contributed by atoms with E-state index in [4.69, 9.17) is 15.6 Å². The minimum atomic E-state index is -1.19. The van der Waals surface area contributed by atoms with Crippen molar-refractivity contribution in [1.82, 2.24) is 5.32 Å². The smallest absolute Gasteiger partial charge is 0.341 e. The van der Waals surface area contributed by atoms with Gasteiger partial charge < -0.3 is 20.9 Å². The van der Waals surface area contributed by atoms with Gasteiger partial charge in [0.1, 0.15) is 11.3 Å². The van der Waals surface area contributed by atoms with E-state index in [1.807, 2.05) is 13.8 Å². The Hall–Kier alpha value is -2.24. The van der Waals surface area contributed by atoms with Gasteiger partial charge in [-0.3, -0.25) is 4.79 Å². The number of benzene rings is 1. The third-order valence-corrected chi connectivity index (χ3v) is 3.06. The molecule has 0 aromatic heterocycles. The first-order valence-corrected chi connectivity index (χ1v) is 6.95. The fraction of sp³-hybridized carbons (Fsp3) is 0.467. The zero-order valence-electron chi connectivity index (χ0n) is 12.6. The molecule has 0 aliphatic heterocycles. The van der Waals surface area contributed by atoms with E-state index in [9.17, 15) is 9.59 Å². The quantitative estimate of drug-likeness (QED) is 0.668. The summed E-state index contributed by atoms with van der Waals surface area (Å²) in [7, 11) is 0. The molecule has 0 aliphatic carbocycles. The van der Waals surface area contributed by atoms with Crippen LogP contribution in [0.2, 0.25) is 0 Å². The van der Waals surface area contributed by atoms with Crippen molar-refractivity contribution in [2.45, 2.75) is 45.8 Å². The average molecular weight is 294 g/mol. The molecule has 0 saturated carbocycles. The molecule has 6 heteroatoms. The molecular formula is C15H22N2O4. The van der Waals surface area contributed by atoms with E-state index in [-0.39, 0.29) is 28.9 Å². The van der Waals surface area contributed by atoms with Gasteiger partial charge in [0, 0.05) is 11.7 Å². The van der Waals surface area contributed by atoms with Crippen molar-refractivity contribution < 1.29 is 19.4 Å². The molecule has 4 N–H and O–H groups in total. The number of nitrogens with one attached hydrogen (secondary N) is 1. The summed E-state index contributed by atoms with van der Waals surface area (Å²) < 4.78 is 5.46. The summed E-state index contributed by atoms with van der Waals surface area (Å²) in [5, 5.41) is 12.0. The Labute approximate surface area is 124 Å². The molecule has 0 saturated heterocycles. The number of nitrogens with two attached hydrogens (primary N) is 1. The number of amides is 1. The van der Waals surface area contributed by atoms with Gasteiger partial charge in [-0.2, -0.15) is 0 Å². The maximum atomic E-state index is 12.0. The lowest BCUT2D eigenvalue weighted by Crippen LogP contribution is -2.41.